The van der Waals surface area contributed by atoms with Gasteiger partial charge in [0.05, 0.1) is 51.8 Å². The van der Waals surface area contributed by atoms with Gasteiger partial charge in [0, 0.05) is 65.4 Å². The maximum absolute atomic E-state index is 15.0. The fourth-order valence-corrected chi connectivity index (χ4v) is 12.7. The topological polar surface area (TPSA) is 731 Å². The number of primary amides is 1. The molecule has 0 radical (unpaired) electrons. The summed E-state index contributed by atoms with van der Waals surface area (Å²) < 4.78 is 5.72. The molecule has 26 N–H and O–H groups in total. The van der Waals surface area contributed by atoms with Crippen LogP contribution in [0.4, 0.5) is 11.4 Å². The summed E-state index contributed by atoms with van der Waals surface area (Å²) >= 11 is 0. The van der Waals surface area contributed by atoms with E-state index in [-0.39, 0.29) is 42.6 Å². The lowest BCUT2D eigenvalue weighted by Gasteiger charge is -2.30. The number of hydrogen-bond acceptors (Lipinski definition) is 25. The van der Waals surface area contributed by atoms with Crippen molar-refractivity contribution in [2.24, 2.45) is 11.7 Å². The van der Waals surface area contributed by atoms with Crippen LogP contribution in [0.2, 0.25) is 0 Å². The van der Waals surface area contributed by atoms with Crippen LogP contribution in [0.15, 0.2) is 79.0 Å². The number of nitrogens with two attached hydrogens (primary N) is 3. The Hall–Kier alpha value is -14.2. The first-order chi connectivity index (χ1) is 58.7. The smallest absolute Gasteiger partial charge is 0.329 e. The molecule has 1 aliphatic rings. The predicted octanol–water partition coefficient (Wildman–Crippen LogP) is -4.57. The first-order valence-electron chi connectivity index (χ1n) is 39.6. The molecule has 674 valence electrons. The summed E-state index contributed by atoms with van der Waals surface area (Å²) in [6, 6.07) is -5.50. The predicted molar refractivity (Wildman–Crippen MR) is 434 cm³/mol. The summed E-state index contributed by atoms with van der Waals surface area (Å²) in [5.41, 5.74) is 18.5. The Morgan fingerprint density at radius 2 is 1.08 bits per heavy atom. The first-order valence-corrected chi connectivity index (χ1v) is 39.6. The minimum absolute atomic E-state index is 0.0312. The van der Waals surface area contributed by atoms with Crippen LogP contribution in [0.25, 0.3) is 10.9 Å². The lowest BCUT2D eigenvalue weighted by atomic mass is 9.96. The van der Waals surface area contributed by atoms with E-state index in [0.717, 1.165) is 52.9 Å². The number of hydrogen-bond donors (Lipinski definition) is 23. The van der Waals surface area contributed by atoms with E-state index in [0.29, 0.717) is 35.0 Å². The number of ether oxygens (including phenoxy) is 1. The summed E-state index contributed by atoms with van der Waals surface area (Å²) in [7, 11) is 0. The fourth-order valence-electron chi connectivity index (χ4n) is 12.7. The van der Waals surface area contributed by atoms with Crippen LogP contribution in [0.3, 0.4) is 0 Å². The zero-order valence-corrected chi connectivity index (χ0v) is 68.3. The molecule has 45 heteroatoms. The average molecular weight is 1740 g/mol. The third-order valence-corrected chi connectivity index (χ3v) is 19.3. The number of aromatic amines is 1. The van der Waals surface area contributed by atoms with Gasteiger partial charge in [0.2, 0.25) is 82.7 Å². The lowest BCUT2D eigenvalue weighted by Crippen LogP contribution is -2.62. The fraction of sp³-hybridized carbons (Fsp3) is 0.481. The molecule has 0 aliphatic carbocycles. The number of amides is 15. The molecule has 2 heterocycles. The standard InChI is InChI=1S/C79H106N18O27/c1-5-6-7-8-9-10-11-22-59(101)89-50(29-43-35-84-48-20-15-13-17-45(43)48)73(117)92-51(31-58(82)100)74(118)94-54(34-65(110)111)75(119)97-67-41(4)124-79(123)55(30-57(99)46-18-12-14-19-47(46)81)95-78(122)66(39(2)28-62(104)105)96-76(120)56(38-98)90-61(103)36-85-70(114)52(32-63(106)107)91-68(112)40(3)87-72(116)53(33-64(108)109)93-71(115)49(88-60(102)37-86-77(67)121)21-16-27-83-69(113)42-23-25-44(80)26-24-42/h12-15,17-20,23-26,35,39-41,49-56,66-67,84,98H,5-11,16,21-22,27-34,36-38,80-81H2,1-4H3,(H2,82,100)(H,83,113)(H,85,114)(H,86,121)(H,87,116)(H,88,102)(H,89,101)(H,90,103)(H,91,112)(H,92,117)(H,93,115)(H,94,118)(H,95,122)(H,96,120)(H,97,119)(H,104,105)(H,106,107)(H,108,109)(H,110,111). The number of esters is 1. The Morgan fingerprint density at radius 1 is 0.532 bits per heavy atom. The van der Waals surface area contributed by atoms with E-state index in [1.165, 1.54) is 48.5 Å². The highest BCUT2D eigenvalue weighted by Gasteiger charge is 2.41. The number of anilines is 2. The molecule has 45 nitrogen and oxygen atoms in total. The molecule has 15 amide bonds. The summed E-state index contributed by atoms with van der Waals surface area (Å²) in [6.45, 7) is 0.864. The maximum atomic E-state index is 15.0. The Morgan fingerprint density at radius 3 is 1.69 bits per heavy atom. The number of carbonyl (C=O) groups excluding carboxylic acids is 17. The maximum Gasteiger partial charge on any atom is 0.329 e. The number of Topliss-reactive ketones (excluding diaryl/α,β-unsaturated/α-hetero) is 1. The van der Waals surface area contributed by atoms with Gasteiger partial charge in [-0.25, -0.2) is 4.79 Å². The second kappa shape index (κ2) is 50.2. The van der Waals surface area contributed by atoms with E-state index in [1.54, 1.807) is 30.5 Å². The quantitative estimate of drug-likeness (QED) is 0.00875. The largest absolute Gasteiger partial charge is 0.481 e. The molecule has 1 aliphatic heterocycles. The number of para-hydroxylation sites is 2. The normalized spacial score (nSPS) is 20.4. The Kier molecular flexibility index (Phi) is 40.6. The SMILES string of the molecule is CCCCCCCCCC(=O)NC(Cc1c[nH]c2ccccc12)C(=O)NC(CC(N)=O)C(=O)NC(CC(=O)O)C(=O)NC1C(=O)NCC(=O)NC(CCCNC(=O)c2ccc(N)cc2)C(=O)NC(CC(=O)O)C(=O)NC(C)C(=O)NC(CC(=O)O)C(=O)NCC(=O)NC(CO)C(=O)NC(C(C)CC(=O)O)C(=O)NC(CC(=O)c2ccccc2N)C(=O)OC1C. The minimum atomic E-state index is -2.50. The van der Waals surface area contributed by atoms with Gasteiger partial charge in [-0.3, -0.25) is 95.9 Å². The Bertz CT molecular complexity index is 4560. The van der Waals surface area contributed by atoms with Crippen molar-refractivity contribution in [2.45, 2.75) is 209 Å². The van der Waals surface area contributed by atoms with Crippen molar-refractivity contribution in [1.82, 2.24) is 79.4 Å². The molecule has 1 fully saturated rings. The van der Waals surface area contributed by atoms with Gasteiger partial charge in [-0.2, -0.15) is 0 Å². The van der Waals surface area contributed by atoms with Crippen LogP contribution >= 0.6 is 0 Å². The molecule has 1 aromatic heterocycles. The van der Waals surface area contributed by atoms with Gasteiger partial charge in [-0.15, -0.1) is 0 Å². The van der Waals surface area contributed by atoms with Crippen LogP contribution < -0.4 is 91.6 Å². The summed E-state index contributed by atoms with van der Waals surface area (Å²) in [5, 5.41) is 81.7. The number of carbonyl (C=O) groups is 21. The number of rotatable bonds is 37. The second-order valence-electron chi connectivity index (χ2n) is 29.3. The molecule has 4 aromatic rings. The number of aromatic nitrogens is 1. The number of aliphatic hydroxyl groups excluding tert-OH is 1. The van der Waals surface area contributed by atoms with Crippen LogP contribution in [0.1, 0.15) is 157 Å². The summed E-state index contributed by atoms with van der Waals surface area (Å²) in [6.07, 6.45) is -2.92. The van der Waals surface area contributed by atoms with Crippen LogP contribution in [0, 0.1) is 5.92 Å². The summed E-state index contributed by atoms with van der Waals surface area (Å²) in [4.78, 5) is 292. The van der Waals surface area contributed by atoms with Gasteiger partial charge >= 0.3 is 29.8 Å². The Balaban J connectivity index is 1.63. The highest BCUT2D eigenvalue weighted by Crippen LogP contribution is 2.22. The van der Waals surface area contributed by atoms with Gasteiger partial charge in [0.15, 0.2) is 5.78 Å². The minimum Gasteiger partial charge on any atom is -0.481 e. The van der Waals surface area contributed by atoms with Crippen LogP contribution in [-0.4, -0.2) is 254 Å². The van der Waals surface area contributed by atoms with Gasteiger partial charge in [0.1, 0.15) is 72.6 Å². The van der Waals surface area contributed by atoms with E-state index in [1.807, 2.05) is 16.0 Å². The Labute approximate surface area is 708 Å². The van der Waals surface area contributed by atoms with E-state index < -0.39 is 267 Å². The van der Waals surface area contributed by atoms with Crippen molar-refractivity contribution in [3.63, 3.8) is 0 Å². The molecular weight excluding hydrogens is 1630 g/mol. The van der Waals surface area contributed by atoms with Gasteiger partial charge < -0.3 is 127 Å². The number of carboxylic acid groups (broad SMARTS) is 4. The number of fused-ring (bicyclic) bond motifs is 1. The monoisotopic (exact) mass is 1740 g/mol. The van der Waals surface area contributed by atoms with Crippen molar-refractivity contribution in [3.8, 4) is 0 Å². The van der Waals surface area contributed by atoms with Crippen LogP contribution in [-0.2, 0) is 102 Å². The highest BCUT2D eigenvalue weighted by molar-refractivity contribution is 6.05. The molecule has 3 aromatic carbocycles. The third kappa shape index (κ3) is 33.8. The summed E-state index contributed by atoms with van der Waals surface area (Å²) in [5.74, 6) is -30.9. The zero-order valence-electron chi connectivity index (χ0n) is 68.3. The second-order valence-corrected chi connectivity index (χ2v) is 29.3. The van der Waals surface area contributed by atoms with E-state index in [9.17, 15) is 126 Å². The molecule has 0 bridgehead atoms. The van der Waals surface area contributed by atoms with Crippen molar-refractivity contribution < 1.29 is 131 Å². The molecule has 124 heavy (non-hydrogen) atoms. The zero-order chi connectivity index (χ0) is 92.0. The third-order valence-electron chi connectivity index (χ3n) is 19.3. The number of aliphatic carboxylic acids is 4. The molecule has 0 spiro atoms. The van der Waals surface area contributed by atoms with Crippen LogP contribution in [0.5, 0.6) is 0 Å². The number of cyclic esters (lactones) is 1. The lowest BCUT2D eigenvalue weighted by molar-refractivity contribution is -0.156. The number of carboxylic acids is 4. The van der Waals surface area contributed by atoms with Crippen molar-refractivity contribution in [1.29, 1.82) is 0 Å². The molecule has 5 rings (SSSR count). The van der Waals surface area contributed by atoms with Crippen molar-refractivity contribution in [2.75, 3.05) is 37.7 Å². The average Bonchev–Trinajstić information content (AvgIpc) is 1.62. The number of H-pyrrole nitrogens is 1. The van der Waals surface area contributed by atoms with E-state index in [4.69, 9.17) is 21.9 Å². The number of nitrogens with one attached hydrogen (secondary N) is 15. The molecule has 13 unspecified atom stereocenters. The van der Waals surface area contributed by atoms with Crippen molar-refractivity contribution in [3.05, 3.63) is 95.7 Å². The number of aliphatic hydroxyl groups is 1. The van der Waals surface area contributed by atoms with Gasteiger partial charge in [-0.05, 0) is 87.1 Å². The molecule has 13 atom stereocenters. The van der Waals surface area contributed by atoms with E-state index >= 15 is 0 Å². The number of benzene rings is 3. The molecule has 0 saturated carbocycles. The number of unbranched alkanes of at least 4 members (excludes halogenated alkanes) is 6. The van der Waals surface area contributed by atoms with E-state index in [2.05, 4.69) is 70.4 Å². The molecule has 1 saturated heterocycles. The van der Waals surface area contributed by atoms with Gasteiger partial charge in [-0.1, -0.05) is 82.7 Å². The number of nitrogen functional groups attached to an aromatic ring is 2. The highest BCUT2D eigenvalue weighted by atomic mass is 16.5. The van der Waals surface area contributed by atoms with Crippen molar-refractivity contribution >= 4 is 147 Å². The number of ketones is 1. The first kappa shape index (κ1) is 100. The van der Waals surface area contributed by atoms with Gasteiger partial charge in [0.25, 0.3) is 5.91 Å². The molecular formula is C79H106N18O27.